The molecule has 2 unspecified atom stereocenters. The van der Waals surface area contributed by atoms with Crippen molar-refractivity contribution < 1.29 is 24.1 Å². The van der Waals surface area contributed by atoms with Crippen molar-refractivity contribution in [1.82, 2.24) is 0 Å². The number of halogens is 1. The SMILES string of the molecule is CC(C)=C(c1ccc(OCC(C)CO)cc1)c1ccc(OCC(O)CF)cc1. The highest BCUT2D eigenvalue weighted by Crippen LogP contribution is 2.29. The molecular weight excluding hydrogens is 359 g/mol. The van der Waals surface area contributed by atoms with Crippen molar-refractivity contribution in [3.05, 3.63) is 65.2 Å². The van der Waals surface area contributed by atoms with Gasteiger partial charge < -0.3 is 19.7 Å². The Bertz CT molecular complexity index is 690. The zero-order valence-electron chi connectivity index (χ0n) is 16.7. The molecular formula is C23H29FO4. The molecule has 0 amide bonds. The van der Waals surface area contributed by atoms with Gasteiger partial charge in [0, 0.05) is 12.5 Å². The van der Waals surface area contributed by atoms with Crippen molar-refractivity contribution in [1.29, 1.82) is 0 Å². The zero-order chi connectivity index (χ0) is 20.5. The Labute approximate surface area is 166 Å². The second-order valence-corrected chi connectivity index (χ2v) is 7.14. The Balaban J connectivity index is 2.12. The van der Waals surface area contributed by atoms with E-state index >= 15 is 0 Å². The molecule has 0 aliphatic rings. The summed E-state index contributed by atoms with van der Waals surface area (Å²) >= 11 is 0. The van der Waals surface area contributed by atoms with Crippen LogP contribution < -0.4 is 9.47 Å². The number of allylic oxidation sites excluding steroid dienone is 1. The minimum absolute atomic E-state index is 0.0677. The van der Waals surface area contributed by atoms with E-state index in [1.165, 1.54) is 5.57 Å². The number of hydrogen-bond donors (Lipinski definition) is 2. The summed E-state index contributed by atoms with van der Waals surface area (Å²) in [6.07, 6.45) is -1.10. The summed E-state index contributed by atoms with van der Waals surface area (Å²) in [6, 6.07) is 15.4. The molecule has 2 aromatic rings. The lowest BCUT2D eigenvalue weighted by atomic mass is 9.94. The van der Waals surface area contributed by atoms with E-state index in [4.69, 9.17) is 14.6 Å². The average molecular weight is 388 g/mol. The van der Waals surface area contributed by atoms with E-state index in [0.717, 1.165) is 22.4 Å². The van der Waals surface area contributed by atoms with Crippen molar-refractivity contribution in [3.63, 3.8) is 0 Å². The smallest absolute Gasteiger partial charge is 0.119 e. The highest BCUT2D eigenvalue weighted by atomic mass is 19.1. The maximum Gasteiger partial charge on any atom is 0.119 e. The van der Waals surface area contributed by atoms with Gasteiger partial charge in [-0.1, -0.05) is 36.8 Å². The molecule has 0 saturated carbocycles. The van der Waals surface area contributed by atoms with E-state index in [9.17, 15) is 9.50 Å². The Morgan fingerprint density at radius 3 is 1.75 bits per heavy atom. The van der Waals surface area contributed by atoms with Gasteiger partial charge in [0.25, 0.3) is 0 Å². The zero-order valence-corrected chi connectivity index (χ0v) is 16.7. The molecule has 5 heteroatoms. The predicted octanol–water partition coefficient (Wildman–Crippen LogP) is 4.24. The van der Waals surface area contributed by atoms with Crippen LogP contribution in [0.5, 0.6) is 11.5 Å². The Hall–Kier alpha value is -2.37. The third kappa shape index (κ3) is 6.36. The molecule has 0 fully saturated rings. The van der Waals surface area contributed by atoms with Gasteiger partial charge in [-0.05, 0) is 54.8 Å². The van der Waals surface area contributed by atoms with Crippen molar-refractivity contribution in [3.8, 4) is 11.5 Å². The summed E-state index contributed by atoms with van der Waals surface area (Å²) in [5, 5.41) is 18.3. The largest absolute Gasteiger partial charge is 0.493 e. The van der Waals surface area contributed by atoms with E-state index in [1.54, 1.807) is 0 Å². The summed E-state index contributed by atoms with van der Waals surface area (Å²) in [7, 11) is 0. The average Bonchev–Trinajstić information content (AvgIpc) is 2.71. The van der Waals surface area contributed by atoms with E-state index in [1.807, 2.05) is 55.5 Å². The van der Waals surface area contributed by atoms with Crippen LogP contribution in [0.4, 0.5) is 4.39 Å². The van der Waals surface area contributed by atoms with E-state index < -0.39 is 12.8 Å². The molecule has 28 heavy (non-hydrogen) atoms. The number of alkyl halides is 1. The second kappa shape index (κ2) is 10.8. The van der Waals surface area contributed by atoms with Crippen molar-refractivity contribution in [2.45, 2.75) is 26.9 Å². The van der Waals surface area contributed by atoms with Gasteiger partial charge in [-0.25, -0.2) is 4.39 Å². The third-order valence-electron chi connectivity index (χ3n) is 4.25. The molecule has 2 atom stereocenters. The fraction of sp³-hybridized carbons (Fsp3) is 0.391. The maximum absolute atomic E-state index is 12.3. The molecule has 0 bridgehead atoms. The standard InChI is InChI=1S/C23H29FO4/c1-16(2)23(18-4-8-21(9-5-18)27-14-17(3)13-25)19-6-10-22(11-7-19)28-15-20(26)12-24/h4-11,17,20,25-26H,12-15H2,1-3H3. The van der Waals surface area contributed by atoms with Crippen LogP contribution in [-0.4, -0.2) is 42.8 Å². The van der Waals surface area contributed by atoms with Crippen LogP contribution in [0.15, 0.2) is 54.1 Å². The first-order valence-corrected chi connectivity index (χ1v) is 9.43. The molecule has 0 heterocycles. The molecule has 152 valence electrons. The van der Waals surface area contributed by atoms with Crippen LogP contribution in [-0.2, 0) is 0 Å². The van der Waals surface area contributed by atoms with Crippen LogP contribution in [0.2, 0.25) is 0 Å². The summed E-state index contributed by atoms with van der Waals surface area (Å²) in [5.41, 5.74) is 4.40. The van der Waals surface area contributed by atoms with Gasteiger partial charge in [0.15, 0.2) is 0 Å². The molecule has 2 N–H and O–H groups in total. The minimum Gasteiger partial charge on any atom is -0.493 e. The topological polar surface area (TPSA) is 58.9 Å². The summed E-state index contributed by atoms with van der Waals surface area (Å²) in [6.45, 7) is 5.74. The number of aliphatic hydroxyl groups is 2. The lowest BCUT2D eigenvalue weighted by Crippen LogP contribution is -2.19. The number of benzene rings is 2. The van der Waals surface area contributed by atoms with Crippen molar-refractivity contribution in [2.24, 2.45) is 5.92 Å². The molecule has 0 saturated heterocycles. The van der Waals surface area contributed by atoms with Gasteiger partial charge in [-0.3, -0.25) is 0 Å². The molecule has 2 aromatic carbocycles. The minimum atomic E-state index is -1.10. The fourth-order valence-electron chi connectivity index (χ4n) is 2.71. The first-order valence-electron chi connectivity index (χ1n) is 9.43. The normalized spacial score (nSPS) is 12.9. The lowest BCUT2D eigenvalue weighted by Gasteiger charge is -2.14. The molecule has 0 aliphatic heterocycles. The molecule has 0 aromatic heterocycles. The van der Waals surface area contributed by atoms with Gasteiger partial charge in [-0.15, -0.1) is 0 Å². The van der Waals surface area contributed by atoms with Crippen LogP contribution in [0.1, 0.15) is 31.9 Å². The van der Waals surface area contributed by atoms with Crippen LogP contribution in [0, 0.1) is 5.92 Å². The molecule has 0 radical (unpaired) electrons. The molecule has 4 nitrogen and oxygen atoms in total. The first kappa shape index (κ1) is 21.9. The number of ether oxygens (including phenoxy) is 2. The first-order chi connectivity index (χ1) is 13.4. The Kier molecular flexibility index (Phi) is 8.48. The molecule has 2 rings (SSSR count). The van der Waals surface area contributed by atoms with E-state index in [2.05, 4.69) is 13.8 Å². The van der Waals surface area contributed by atoms with Crippen molar-refractivity contribution in [2.75, 3.05) is 26.5 Å². The summed E-state index contributed by atoms with van der Waals surface area (Å²) in [5.74, 6) is 1.46. The van der Waals surface area contributed by atoms with Gasteiger partial charge in [0.1, 0.15) is 30.9 Å². The van der Waals surface area contributed by atoms with Gasteiger partial charge in [0.2, 0.25) is 0 Å². The van der Waals surface area contributed by atoms with E-state index in [0.29, 0.717) is 12.4 Å². The number of aliphatic hydroxyl groups excluding tert-OH is 2. The Morgan fingerprint density at radius 2 is 1.36 bits per heavy atom. The highest BCUT2D eigenvalue weighted by molar-refractivity contribution is 5.82. The van der Waals surface area contributed by atoms with Gasteiger partial charge in [-0.2, -0.15) is 0 Å². The molecule has 0 aliphatic carbocycles. The highest BCUT2D eigenvalue weighted by Gasteiger charge is 2.09. The lowest BCUT2D eigenvalue weighted by molar-refractivity contribution is 0.0842. The number of rotatable bonds is 10. The van der Waals surface area contributed by atoms with Crippen LogP contribution in [0.25, 0.3) is 5.57 Å². The quantitative estimate of drug-likeness (QED) is 0.639. The summed E-state index contributed by atoms with van der Waals surface area (Å²) in [4.78, 5) is 0. The van der Waals surface area contributed by atoms with Gasteiger partial charge >= 0.3 is 0 Å². The van der Waals surface area contributed by atoms with Crippen molar-refractivity contribution >= 4 is 5.57 Å². The maximum atomic E-state index is 12.3. The van der Waals surface area contributed by atoms with Gasteiger partial charge in [0.05, 0.1) is 6.61 Å². The second-order valence-electron chi connectivity index (χ2n) is 7.14. The van der Waals surface area contributed by atoms with Crippen LogP contribution in [0.3, 0.4) is 0 Å². The third-order valence-corrected chi connectivity index (χ3v) is 4.25. The predicted molar refractivity (Wildman–Crippen MR) is 109 cm³/mol. The Morgan fingerprint density at radius 1 is 0.893 bits per heavy atom. The number of hydrogen-bond acceptors (Lipinski definition) is 4. The summed E-state index contributed by atoms with van der Waals surface area (Å²) < 4.78 is 23.4. The monoisotopic (exact) mass is 388 g/mol. The fourth-order valence-corrected chi connectivity index (χ4v) is 2.71. The van der Waals surface area contributed by atoms with E-state index in [-0.39, 0.29) is 19.1 Å². The molecule has 0 spiro atoms. The van der Waals surface area contributed by atoms with Crippen LogP contribution >= 0.6 is 0 Å².